The molecule has 0 radical (unpaired) electrons. The van der Waals surface area contributed by atoms with Crippen LogP contribution < -0.4 is 0 Å². The Bertz CT molecular complexity index is 494. The third kappa shape index (κ3) is 0.946. The van der Waals surface area contributed by atoms with Crippen molar-refractivity contribution < 1.29 is 5.11 Å². The van der Waals surface area contributed by atoms with Gasteiger partial charge in [-0.3, -0.25) is 0 Å². The van der Waals surface area contributed by atoms with Gasteiger partial charge in [0.2, 0.25) is 0 Å². The lowest BCUT2D eigenvalue weighted by Gasteiger charge is -2.11. The SMILES string of the molecule is Cn1ccc2cccc(C3(O)CC3)c21. The van der Waals surface area contributed by atoms with Crippen molar-refractivity contribution in [3.8, 4) is 0 Å². The van der Waals surface area contributed by atoms with Gasteiger partial charge in [-0.25, -0.2) is 0 Å². The van der Waals surface area contributed by atoms with Crippen LogP contribution in [0.5, 0.6) is 0 Å². The molecule has 3 rings (SSSR count). The molecule has 0 amide bonds. The Balaban J connectivity index is 2.37. The van der Waals surface area contributed by atoms with Crippen molar-refractivity contribution in [1.82, 2.24) is 4.57 Å². The van der Waals surface area contributed by atoms with Gasteiger partial charge >= 0.3 is 0 Å². The molecule has 72 valence electrons. The van der Waals surface area contributed by atoms with E-state index in [2.05, 4.69) is 16.7 Å². The minimum Gasteiger partial charge on any atom is -0.385 e. The molecule has 0 aliphatic heterocycles. The van der Waals surface area contributed by atoms with Gasteiger partial charge in [-0.2, -0.15) is 0 Å². The smallest absolute Gasteiger partial charge is 0.0919 e. The minimum absolute atomic E-state index is 0.536. The Kier molecular flexibility index (Phi) is 1.38. The fourth-order valence-electron chi connectivity index (χ4n) is 2.12. The Labute approximate surface area is 82.8 Å². The summed E-state index contributed by atoms with van der Waals surface area (Å²) >= 11 is 0. The monoisotopic (exact) mass is 187 g/mol. The summed E-state index contributed by atoms with van der Waals surface area (Å²) in [5, 5.41) is 11.3. The van der Waals surface area contributed by atoms with Crippen molar-refractivity contribution in [1.29, 1.82) is 0 Å². The van der Waals surface area contributed by atoms with E-state index in [0.29, 0.717) is 0 Å². The van der Waals surface area contributed by atoms with Crippen LogP contribution in [0.4, 0.5) is 0 Å². The fraction of sp³-hybridized carbons (Fsp3) is 0.333. The molecule has 2 nitrogen and oxygen atoms in total. The van der Waals surface area contributed by atoms with Crippen molar-refractivity contribution in [2.24, 2.45) is 7.05 Å². The highest BCUT2D eigenvalue weighted by molar-refractivity contribution is 5.84. The zero-order chi connectivity index (χ0) is 9.76. The summed E-state index contributed by atoms with van der Waals surface area (Å²) in [6.07, 6.45) is 3.84. The van der Waals surface area contributed by atoms with Crippen molar-refractivity contribution in [2.45, 2.75) is 18.4 Å². The molecule has 1 heterocycles. The number of aryl methyl sites for hydroxylation is 1. The minimum atomic E-state index is -0.536. The van der Waals surface area contributed by atoms with Gasteiger partial charge in [0, 0.05) is 18.8 Å². The first-order valence-electron chi connectivity index (χ1n) is 4.98. The van der Waals surface area contributed by atoms with E-state index in [1.165, 1.54) is 10.9 Å². The molecule has 1 N–H and O–H groups in total. The molecule has 14 heavy (non-hydrogen) atoms. The summed E-state index contributed by atoms with van der Waals surface area (Å²) in [6.45, 7) is 0. The van der Waals surface area contributed by atoms with Gasteiger partial charge in [-0.1, -0.05) is 18.2 Å². The number of rotatable bonds is 1. The van der Waals surface area contributed by atoms with Gasteiger partial charge in [-0.05, 0) is 24.3 Å². The second kappa shape index (κ2) is 2.39. The molecule has 1 aliphatic carbocycles. The molecule has 0 bridgehead atoms. The van der Waals surface area contributed by atoms with Crippen LogP contribution in [0.2, 0.25) is 0 Å². The lowest BCUT2D eigenvalue weighted by atomic mass is 10.0. The van der Waals surface area contributed by atoms with Crippen LogP contribution in [0.3, 0.4) is 0 Å². The molecule has 2 aromatic rings. The average molecular weight is 187 g/mol. The van der Waals surface area contributed by atoms with E-state index in [1.54, 1.807) is 0 Å². The zero-order valence-corrected chi connectivity index (χ0v) is 8.20. The molecule has 1 aromatic heterocycles. The average Bonchev–Trinajstić information content (AvgIpc) is 2.83. The van der Waals surface area contributed by atoms with Crippen LogP contribution in [-0.4, -0.2) is 9.67 Å². The van der Waals surface area contributed by atoms with Crippen LogP contribution in [-0.2, 0) is 12.6 Å². The summed E-state index contributed by atoms with van der Waals surface area (Å²) in [6, 6.07) is 8.23. The second-order valence-corrected chi connectivity index (χ2v) is 4.20. The van der Waals surface area contributed by atoms with Gasteiger partial charge in [0.1, 0.15) is 0 Å². The Hall–Kier alpha value is -1.28. The maximum absolute atomic E-state index is 10.1. The Morgan fingerprint density at radius 3 is 2.79 bits per heavy atom. The number of hydrogen-bond acceptors (Lipinski definition) is 1. The third-order valence-electron chi connectivity index (χ3n) is 3.12. The summed E-state index contributed by atoms with van der Waals surface area (Å²) in [4.78, 5) is 0. The van der Waals surface area contributed by atoms with Crippen molar-refractivity contribution in [2.75, 3.05) is 0 Å². The largest absolute Gasteiger partial charge is 0.385 e. The molecule has 1 aromatic carbocycles. The molecule has 1 saturated carbocycles. The standard InChI is InChI=1S/C12H13NO/c1-13-8-5-9-3-2-4-10(11(9)13)12(14)6-7-12/h2-5,8,14H,6-7H2,1H3. The van der Waals surface area contributed by atoms with Gasteiger partial charge in [0.15, 0.2) is 0 Å². The van der Waals surface area contributed by atoms with E-state index in [4.69, 9.17) is 0 Å². The van der Waals surface area contributed by atoms with Gasteiger partial charge in [0.05, 0.1) is 11.1 Å². The first kappa shape index (κ1) is 8.06. The molecule has 0 spiro atoms. The quantitative estimate of drug-likeness (QED) is 0.727. The van der Waals surface area contributed by atoms with Crippen molar-refractivity contribution in [3.63, 3.8) is 0 Å². The highest BCUT2D eigenvalue weighted by Gasteiger charge is 2.43. The van der Waals surface area contributed by atoms with E-state index in [0.717, 1.165) is 18.4 Å². The summed E-state index contributed by atoms with van der Waals surface area (Å²) in [7, 11) is 2.03. The fourth-order valence-corrected chi connectivity index (χ4v) is 2.12. The number of para-hydroxylation sites is 1. The van der Waals surface area contributed by atoms with Gasteiger partial charge in [-0.15, -0.1) is 0 Å². The highest BCUT2D eigenvalue weighted by Crippen LogP contribution is 2.47. The van der Waals surface area contributed by atoms with Crippen LogP contribution >= 0.6 is 0 Å². The van der Waals surface area contributed by atoms with Crippen LogP contribution in [0, 0.1) is 0 Å². The number of hydrogen-bond donors (Lipinski definition) is 1. The van der Waals surface area contributed by atoms with Gasteiger partial charge < -0.3 is 9.67 Å². The molecular weight excluding hydrogens is 174 g/mol. The number of benzene rings is 1. The summed E-state index contributed by atoms with van der Waals surface area (Å²) in [5.41, 5.74) is 1.72. The Morgan fingerprint density at radius 1 is 1.29 bits per heavy atom. The molecule has 0 atom stereocenters. The third-order valence-corrected chi connectivity index (χ3v) is 3.12. The molecular formula is C12H13NO. The first-order valence-corrected chi connectivity index (χ1v) is 4.98. The zero-order valence-electron chi connectivity index (χ0n) is 8.20. The van der Waals surface area contributed by atoms with E-state index >= 15 is 0 Å². The molecule has 1 aliphatic rings. The van der Waals surface area contributed by atoms with E-state index < -0.39 is 5.60 Å². The van der Waals surface area contributed by atoms with Crippen molar-refractivity contribution >= 4 is 10.9 Å². The molecule has 2 heteroatoms. The second-order valence-electron chi connectivity index (χ2n) is 4.20. The van der Waals surface area contributed by atoms with E-state index in [-0.39, 0.29) is 0 Å². The lowest BCUT2D eigenvalue weighted by Crippen LogP contribution is -2.06. The number of aromatic nitrogens is 1. The number of fused-ring (bicyclic) bond motifs is 1. The normalized spacial score (nSPS) is 18.7. The first-order chi connectivity index (χ1) is 6.71. The highest BCUT2D eigenvalue weighted by atomic mass is 16.3. The lowest BCUT2D eigenvalue weighted by molar-refractivity contribution is 0.153. The topological polar surface area (TPSA) is 25.2 Å². The maximum atomic E-state index is 10.1. The Morgan fingerprint density at radius 2 is 2.07 bits per heavy atom. The molecule has 1 fully saturated rings. The summed E-state index contributed by atoms with van der Waals surface area (Å²) < 4.78 is 2.08. The van der Waals surface area contributed by atoms with Crippen LogP contribution in [0.1, 0.15) is 18.4 Å². The number of aliphatic hydroxyl groups is 1. The summed E-state index contributed by atoms with van der Waals surface area (Å²) in [5.74, 6) is 0. The van der Waals surface area contributed by atoms with Crippen LogP contribution in [0.25, 0.3) is 10.9 Å². The maximum Gasteiger partial charge on any atom is 0.0919 e. The predicted molar refractivity (Wildman–Crippen MR) is 56.0 cm³/mol. The van der Waals surface area contributed by atoms with E-state index in [9.17, 15) is 5.11 Å². The predicted octanol–water partition coefficient (Wildman–Crippen LogP) is 2.16. The van der Waals surface area contributed by atoms with Crippen molar-refractivity contribution in [3.05, 3.63) is 36.0 Å². The van der Waals surface area contributed by atoms with Gasteiger partial charge in [0.25, 0.3) is 0 Å². The van der Waals surface area contributed by atoms with E-state index in [1.807, 2.05) is 25.4 Å². The van der Waals surface area contributed by atoms with Crippen LogP contribution in [0.15, 0.2) is 30.5 Å². The number of nitrogens with zero attached hydrogens (tertiary/aromatic N) is 1. The molecule has 0 saturated heterocycles. The molecule has 0 unspecified atom stereocenters.